The molecule has 0 aromatic rings. The van der Waals surface area contributed by atoms with Gasteiger partial charge in [-0.2, -0.15) is 0 Å². The molecular weight excluding hydrogens is 536 g/mol. The third-order valence-corrected chi connectivity index (χ3v) is 0. The third-order valence-electron chi connectivity index (χ3n) is 0. The second-order valence-corrected chi connectivity index (χ2v) is 0. The Morgan fingerprint density at radius 1 is 0.400 bits per heavy atom. The van der Waals surface area contributed by atoms with Crippen LogP contribution in [0.25, 0.3) is 0 Å². The summed E-state index contributed by atoms with van der Waals surface area (Å²) < 4.78 is 0. The summed E-state index contributed by atoms with van der Waals surface area (Å²) in [7, 11) is 0. The molecule has 0 saturated carbocycles. The Morgan fingerprint density at radius 3 is 0.400 bits per heavy atom. The van der Waals surface area contributed by atoms with E-state index in [-0.39, 0.29) is 107 Å². The molecule has 0 radical (unpaired) electrons. The van der Waals surface area contributed by atoms with E-state index in [1.165, 1.54) is 0 Å². The van der Waals surface area contributed by atoms with Crippen LogP contribution in [0.5, 0.6) is 0 Å². The summed E-state index contributed by atoms with van der Waals surface area (Å²) in [6, 6.07) is 0. The van der Waals surface area contributed by atoms with Crippen molar-refractivity contribution in [1.82, 2.24) is 0 Å². The van der Waals surface area contributed by atoms with Crippen LogP contribution in [0.3, 0.4) is 0 Å². The van der Waals surface area contributed by atoms with Crippen molar-refractivity contribution in [3.05, 3.63) is 0 Å². The average Bonchev–Trinajstić information content (AvgIpc) is 0. The summed E-state index contributed by atoms with van der Waals surface area (Å²) in [6.07, 6.45) is 0. The smallest absolute Gasteiger partial charge is 1.00 e. The van der Waals surface area contributed by atoms with Crippen LogP contribution >= 0.6 is 0 Å². The summed E-state index contributed by atoms with van der Waals surface area (Å²) in [5.41, 5.74) is 0. The van der Waals surface area contributed by atoms with Crippen molar-refractivity contribution in [1.29, 1.82) is 0 Å². The van der Waals surface area contributed by atoms with Crippen molar-refractivity contribution in [3.8, 4) is 0 Å². The number of halogens is 4. The van der Waals surface area contributed by atoms with Crippen LogP contribution in [0.1, 0.15) is 0 Å². The standard InChI is InChI=1S/4HI.Si/h4*1H;/q;;;;+4/p-4. The monoisotopic (exact) mass is 536 g/mol. The van der Waals surface area contributed by atoms with Gasteiger partial charge in [-0.1, -0.05) is 0 Å². The van der Waals surface area contributed by atoms with E-state index in [2.05, 4.69) is 0 Å². The first-order valence-corrected chi connectivity index (χ1v) is 0. The first-order valence-electron chi connectivity index (χ1n) is 0. The van der Waals surface area contributed by atoms with Crippen LogP contribution in [0.4, 0.5) is 0 Å². The average molecular weight is 536 g/mol. The SMILES string of the molecule is [I-].[I-].[I-].[I-].[Si+4]. The van der Waals surface area contributed by atoms with Crippen molar-refractivity contribution < 1.29 is 95.9 Å². The Hall–Kier alpha value is 3.14. The van der Waals surface area contributed by atoms with E-state index in [1.54, 1.807) is 0 Å². The van der Waals surface area contributed by atoms with Gasteiger partial charge in [0.25, 0.3) is 0 Å². The summed E-state index contributed by atoms with van der Waals surface area (Å²) in [5, 5.41) is 0. The molecule has 0 spiro atoms. The Labute approximate surface area is 105 Å². The van der Waals surface area contributed by atoms with E-state index in [0.29, 0.717) is 0 Å². The topological polar surface area (TPSA) is 0 Å². The largest absolute Gasteiger partial charge is 4.00 e. The van der Waals surface area contributed by atoms with Gasteiger partial charge in [-0.3, -0.25) is 0 Å². The maximum atomic E-state index is 0. The Bertz CT molecular complexity index is 3.61. The van der Waals surface area contributed by atoms with Crippen LogP contribution in [-0.2, 0) is 0 Å². The molecule has 0 aromatic carbocycles. The van der Waals surface area contributed by atoms with E-state index >= 15 is 0 Å². The molecule has 0 nitrogen and oxygen atoms in total. The molecule has 0 aromatic heterocycles. The molecule has 0 aliphatic rings. The summed E-state index contributed by atoms with van der Waals surface area (Å²) in [5.74, 6) is 0. The van der Waals surface area contributed by atoms with Crippen molar-refractivity contribution in [2.45, 2.75) is 0 Å². The van der Waals surface area contributed by atoms with E-state index in [0.717, 1.165) is 0 Å². The second-order valence-electron chi connectivity index (χ2n) is 0. The van der Waals surface area contributed by atoms with E-state index in [1.807, 2.05) is 0 Å². The van der Waals surface area contributed by atoms with Crippen LogP contribution in [0.15, 0.2) is 0 Å². The van der Waals surface area contributed by atoms with E-state index < -0.39 is 0 Å². The van der Waals surface area contributed by atoms with Crippen LogP contribution in [-0.4, -0.2) is 11.0 Å². The molecule has 0 fully saturated rings. The molecule has 0 saturated heterocycles. The number of rotatable bonds is 0. The Morgan fingerprint density at radius 2 is 0.400 bits per heavy atom. The maximum absolute atomic E-state index is 0. The zero-order chi connectivity index (χ0) is 0. The van der Waals surface area contributed by atoms with Gasteiger partial charge in [0, 0.05) is 0 Å². The minimum Gasteiger partial charge on any atom is -1.00 e. The molecule has 5 heavy (non-hydrogen) atoms. The molecule has 0 rings (SSSR count). The van der Waals surface area contributed by atoms with Crippen molar-refractivity contribution >= 4 is 11.0 Å². The molecule has 0 amide bonds. The fraction of sp³-hybridized carbons (Fsp3) is 0. The van der Waals surface area contributed by atoms with Crippen molar-refractivity contribution in [2.24, 2.45) is 0 Å². The predicted molar refractivity (Wildman–Crippen MR) is 5.75 cm³/mol. The zero-order valence-electron chi connectivity index (χ0n) is 2.01. The molecular formula is I4Si. The van der Waals surface area contributed by atoms with Gasteiger partial charge in [0.15, 0.2) is 0 Å². The number of hydrogen-bond acceptors (Lipinski definition) is 0. The quantitative estimate of drug-likeness (QED) is 0.214. The third kappa shape index (κ3) is 19.1. The fourth-order valence-electron chi connectivity index (χ4n) is 0. The first-order chi connectivity index (χ1) is 0. The normalized spacial score (nSPS) is 0. The minimum atomic E-state index is 0. The van der Waals surface area contributed by atoms with Crippen molar-refractivity contribution in [2.75, 3.05) is 0 Å². The minimum absolute atomic E-state index is 0. The van der Waals surface area contributed by atoms with Gasteiger partial charge in [-0.15, -0.1) is 0 Å². The summed E-state index contributed by atoms with van der Waals surface area (Å²) in [6.45, 7) is 0. The van der Waals surface area contributed by atoms with Crippen molar-refractivity contribution in [3.63, 3.8) is 0 Å². The molecule has 5 heteroatoms. The van der Waals surface area contributed by atoms with Gasteiger partial charge in [0.2, 0.25) is 0 Å². The fourth-order valence-corrected chi connectivity index (χ4v) is 0. The summed E-state index contributed by atoms with van der Waals surface area (Å²) in [4.78, 5) is 0. The van der Waals surface area contributed by atoms with Crippen LogP contribution < -0.4 is 95.9 Å². The van der Waals surface area contributed by atoms with Crippen LogP contribution in [0.2, 0.25) is 0 Å². The predicted octanol–water partition coefficient (Wildman–Crippen LogP) is -12.4. The van der Waals surface area contributed by atoms with Gasteiger partial charge < -0.3 is 95.9 Å². The van der Waals surface area contributed by atoms with E-state index in [4.69, 9.17) is 0 Å². The maximum Gasteiger partial charge on any atom is 4.00 e. The van der Waals surface area contributed by atoms with Gasteiger partial charge in [-0.25, -0.2) is 0 Å². The van der Waals surface area contributed by atoms with Crippen LogP contribution in [0, 0.1) is 0 Å². The molecule has 0 aliphatic carbocycles. The van der Waals surface area contributed by atoms with Gasteiger partial charge in [0.1, 0.15) is 0 Å². The molecule has 32 valence electrons. The second kappa shape index (κ2) is 27.3. The van der Waals surface area contributed by atoms with Gasteiger partial charge >= 0.3 is 11.0 Å². The van der Waals surface area contributed by atoms with Gasteiger partial charge in [-0.05, 0) is 0 Å². The molecule has 0 atom stereocenters. The summed E-state index contributed by atoms with van der Waals surface area (Å²) >= 11 is 0. The molecule has 0 N–H and O–H groups in total. The number of hydrogen-bond donors (Lipinski definition) is 0. The Kier molecular flexibility index (Phi) is 230. The van der Waals surface area contributed by atoms with E-state index in [9.17, 15) is 0 Å². The molecule has 0 unspecified atom stereocenters. The Balaban J connectivity index is 0. The molecule has 0 aliphatic heterocycles. The molecule has 0 bridgehead atoms. The zero-order valence-corrected chi connectivity index (χ0v) is 11.6. The van der Waals surface area contributed by atoms with Gasteiger partial charge in [0.05, 0.1) is 0 Å². The molecule has 0 heterocycles. The first kappa shape index (κ1) is 42.1.